The second-order valence-electron chi connectivity index (χ2n) is 3.27. The topological polar surface area (TPSA) is 0 Å². The Morgan fingerprint density at radius 1 is 1.40 bits per heavy atom. The van der Waals surface area contributed by atoms with Crippen molar-refractivity contribution in [2.45, 2.75) is 17.8 Å². The van der Waals surface area contributed by atoms with Crippen molar-refractivity contribution in [3.63, 3.8) is 0 Å². The van der Waals surface area contributed by atoms with Crippen LogP contribution in [0, 0.1) is 11.8 Å². The first kappa shape index (κ1) is 6.51. The lowest BCUT2D eigenvalue weighted by molar-refractivity contribution is 0.349. The smallest absolute Gasteiger partial charge is 0.118 e. The predicted molar refractivity (Wildman–Crippen MR) is 39.8 cm³/mol. The third-order valence-electron chi connectivity index (χ3n) is 2.55. The molecule has 0 saturated heterocycles. The summed E-state index contributed by atoms with van der Waals surface area (Å²) >= 11 is 0. The van der Waals surface area contributed by atoms with Crippen LogP contribution in [0.1, 0.15) is 6.42 Å². The van der Waals surface area contributed by atoms with Gasteiger partial charge in [-0.1, -0.05) is 17.4 Å². The molecular weight excluding hydrogens is 125 g/mol. The molecule has 0 nitrogen and oxygen atoms in total. The monoisotopic (exact) mass is 132 g/mol. The average Bonchev–Trinajstić information content (AvgIpc) is 2.36. The number of halogens is 1. The summed E-state index contributed by atoms with van der Waals surface area (Å²) in [7, 11) is 11.3. The largest absolute Gasteiger partial charge is 0.243 e. The average molecular weight is 132 g/mol. The maximum atomic E-state index is 12.6. The van der Waals surface area contributed by atoms with E-state index in [0.717, 1.165) is 0 Å². The molecule has 3 atom stereocenters. The lowest BCUT2D eigenvalue weighted by Gasteiger charge is -2.05. The van der Waals surface area contributed by atoms with E-state index in [2.05, 4.69) is 0 Å². The third-order valence-corrected chi connectivity index (χ3v) is 2.55. The van der Waals surface area contributed by atoms with Crippen LogP contribution in [0.3, 0.4) is 0 Å². The summed E-state index contributed by atoms with van der Waals surface area (Å²) in [6, 6.07) is 0. The standard InChI is InChI=1S/C7H7B2F/c8-7(9)5-2-1-4(10)3-6(5)7/h1-2,4-6H,3H2. The Kier molecular flexibility index (Phi) is 1.10. The SMILES string of the molecule is [B]C1([B])C2C=CC(F)CC21. The number of hydrogen-bond acceptors (Lipinski definition) is 0. The Morgan fingerprint density at radius 3 is 2.60 bits per heavy atom. The van der Waals surface area contributed by atoms with Gasteiger partial charge in [0.2, 0.25) is 0 Å². The molecule has 0 N–H and O–H groups in total. The van der Waals surface area contributed by atoms with Crippen molar-refractivity contribution in [3.05, 3.63) is 12.2 Å². The van der Waals surface area contributed by atoms with Crippen LogP contribution in [0.2, 0.25) is 5.21 Å². The Balaban J connectivity index is 2.16. The Bertz CT molecular complexity index is 188. The first-order valence-electron chi connectivity index (χ1n) is 3.52. The zero-order valence-corrected chi connectivity index (χ0v) is 5.63. The highest BCUT2D eigenvalue weighted by molar-refractivity contribution is 6.43. The van der Waals surface area contributed by atoms with E-state index in [1.165, 1.54) is 0 Å². The van der Waals surface area contributed by atoms with Gasteiger partial charge < -0.3 is 0 Å². The highest BCUT2D eigenvalue weighted by Crippen LogP contribution is 2.65. The van der Waals surface area contributed by atoms with Gasteiger partial charge in [-0.25, -0.2) is 4.39 Å². The van der Waals surface area contributed by atoms with Crippen molar-refractivity contribution in [3.8, 4) is 0 Å². The van der Waals surface area contributed by atoms with Crippen molar-refractivity contribution < 1.29 is 4.39 Å². The van der Waals surface area contributed by atoms with Crippen molar-refractivity contribution in [2.75, 3.05) is 0 Å². The highest BCUT2D eigenvalue weighted by atomic mass is 19.1. The van der Waals surface area contributed by atoms with E-state index in [0.29, 0.717) is 6.42 Å². The second-order valence-corrected chi connectivity index (χ2v) is 3.27. The zero-order valence-electron chi connectivity index (χ0n) is 5.63. The molecule has 1 fully saturated rings. The zero-order chi connectivity index (χ0) is 7.35. The van der Waals surface area contributed by atoms with Crippen LogP contribution in [-0.2, 0) is 0 Å². The molecule has 1 saturated carbocycles. The van der Waals surface area contributed by atoms with E-state index < -0.39 is 11.4 Å². The highest BCUT2D eigenvalue weighted by Gasteiger charge is 2.56. The maximum absolute atomic E-state index is 12.6. The maximum Gasteiger partial charge on any atom is 0.118 e. The van der Waals surface area contributed by atoms with Gasteiger partial charge in [-0.15, -0.1) is 0 Å². The minimum Gasteiger partial charge on any atom is -0.243 e. The second kappa shape index (κ2) is 1.69. The summed E-state index contributed by atoms with van der Waals surface area (Å²) in [6.45, 7) is 0. The minimum atomic E-state index is -0.824. The van der Waals surface area contributed by atoms with Gasteiger partial charge in [0, 0.05) is 0 Å². The Labute approximate surface area is 62.7 Å². The van der Waals surface area contributed by atoms with E-state index >= 15 is 0 Å². The molecular formula is C7H7B2F. The molecule has 0 aliphatic heterocycles. The lowest BCUT2D eigenvalue weighted by Crippen LogP contribution is -2.02. The first-order chi connectivity index (χ1) is 4.62. The molecule has 48 valence electrons. The van der Waals surface area contributed by atoms with E-state index in [4.69, 9.17) is 15.7 Å². The van der Waals surface area contributed by atoms with Crippen molar-refractivity contribution in [2.24, 2.45) is 11.8 Å². The molecule has 0 spiro atoms. The molecule has 2 aliphatic rings. The fourth-order valence-corrected chi connectivity index (χ4v) is 1.75. The molecule has 10 heavy (non-hydrogen) atoms. The van der Waals surface area contributed by atoms with Gasteiger partial charge in [-0.3, -0.25) is 0 Å². The number of alkyl halides is 1. The van der Waals surface area contributed by atoms with Gasteiger partial charge in [-0.05, 0) is 18.3 Å². The van der Waals surface area contributed by atoms with Gasteiger partial charge in [0.25, 0.3) is 0 Å². The van der Waals surface area contributed by atoms with Gasteiger partial charge in [0.05, 0.1) is 15.7 Å². The summed E-state index contributed by atoms with van der Waals surface area (Å²) in [5.41, 5.74) is 0. The molecule has 0 heterocycles. The van der Waals surface area contributed by atoms with Crippen LogP contribution >= 0.6 is 0 Å². The summed E-state index contributed by atoms with van der Waals surface area (Å²) in [6.07, 6.45) is 3.05. The Morgan fingerprint density at radius 2 is 2.10 bits per heavy atom. The molecule has 0 bridgehead atoms. The quantitative estimate of drug-likeness (QED) is 0.340. The minimum absolute atomic E-state index is 0.187. The first-order valence-corrected chi connectivity index (χ1v) is 3.52. The van der Waals surface area contributed by atoms with Crippen LogP contribution in [0.25, 0.3) is 0 Å². The van der Waals surface area contributed by atoms with Crippen LogP contribution in [0.4, 0.5) is 4.39 Å². The molecule has 3 unspecified atom stereocenters. The molecule has 0 aromatic heterocycles. The van der Waals surface area contributed by atoms with E-state index in [9.17, 15) is 4.39 Å². The predicted octanol–water partition coefficient (Wildman–Crippen LogP) is 0.984. The molecule has 2 aliphatic carbocycles. The summed E-state index contributed by atoms with van der Waals surface area (Å²) in [5.74, 6) is 0.423. The van der Waals surface area contributed by atoms with Gasteiger partial charge in [0.15, 0.2) is 0 Å². The fourth-order valence-electron chi connectivity index (χ4n) is 1.75. The van der Waals surface area contributed by atoms with E-state index in [1.807, 2.05) is 0 Å². The lowest BCUT2D eigenvalue weighted by atomic mass is 9.63. The van der Waals surface area contributed by atoms with Gasteiger partial charge >= 0.3 is 0 Å². The molecule has 0 amide bonds. The molecule has 0 aromatic carbocycles. The normalized spacial score (nSPS) is 48.3. The van der Waals surface area contributed by atoms with E-state index in [1.54, 1.807) is 12.2 Å². The van der Waals surface area contributed by atoms with Crippen molar-refractivity contribution in [1.29, 1.82) is 0 Å². The van der Waals surface area contributed by atoms with Crippen molar-refractivity contribution in [1.82, 2.24) is 0 Å². The molecule has 2 rings (SSSR count). The van der Waals surface area contributed by atoms with Crippen LogP contribution in [0.5, 0.6) is 0 Å². The number of hydrogen-bond donors (Lipinski definition) is 0. The Hall–Kier alpha value is -0.200. The summed E-state index contributed by atoms with van der Waals surface area (Å²) in [4.78, 5) is 0. The molecule has 3 heteroatoms. The number of allylic oxidation sites excluding steroid dienone is 2. The van der Waals surface area contributed by atoms with Gasteiger partial charge in [0.1, 0.15) is 6.17 Å². The van der Waals surface area contributed by atoms with E-state index in [-0.39, 0.29) is 11.8 Å². The van der Waals surface area contributed by atoms with Crippen LogP contribution in [0.15, 0.2) is 12.2 Å². The van der Waals surface area contributed by atoms with Crippen molar-refractivity contribution >= 4 is 15.7 Å². The van der Waals surface area contributed by atoms with Crippen LogP contribution in [-0.4, -0.2) is 21.9 Å². The summed E-state index contributed by atoms with van der Waals surface area (Å²) < 4.78 is 12.6. The van der Waals surface area contributed by atoms with Crippen LogP contribution < -0.4 is 0 Å². The molecule has 0 aromatic rings. The summed E-state index contributed by atoms with van der Waals surface area (Å²) in [5, 5.41) is -0.600. The van der Waals surface area contributed by atoms with Gasteiger partial charge in [-0.2, -0.15) is 0 Å². The molecule has 4 radical (unpaired) electrons. The number of fused-ring (bicyclic) bond motifs is 1. The number of rotatable bonds is 0. The fraction of sp³-hybridized carbons (Fsp3) is 0.714. The third kappa shape index (κ3) is 0.694.